The molecule has 0 aliphatic rings. The lowest BCUT2D eigenvalue weighted by Crippen LogP contribution is -2.04. The SMILES string of the molecule is Cc1nnnn1-c1cc(S(=O)(=O)Cl)ccc1F. The Morgan fingerprint density at radius 2 is 2.12 bits per heavy atom. The number of aryl methyl sites for hydroxylation is 1. The highest BCUT2D eigenvalue weighted by molar-refractivity contribution is 8.13. The van der Waals surface area contributed by atoms with E-state index in [2.05, 4.69) is 15.5 Å². The summed E-state index contributed by atoms with van der Waals surface area (Å²) in [5.41, 5.74) is -0.0748. The number of hydrogen-bond donors (Lipinski definition) is 0. The minimum absolute atomic E-state index is 0.0748. The van der Waals surface area contributed by atoms with Crippen molar-refractivity contribution < 1.29 is 12.8 Å². The van der Waals surface area contributed by atoms with E-state index in [0.29, 0.717) is 5.82 Å². The summed E-state index contributed by atoms with van der Waals surface area (Å²) in [6.45, 7) is 1.56. The van der Waals surface area contributed by atoms with Crippen molar-refractivity contribution in [2.45, 2.75) is 11.8 Å². The van der Waals surface area contributed by atoms with Gasteiger partial charge in [-0.15, -0.1) is 5.10 Å². The minimum Gasteiger partial charge on any atom is -0.207 e. The summed E-state index contributed by atoms with van der Waals surface area (Å²) in [5.74, 6) is -0.322. The summed E-state index contributed by atoms with van der Waals surface area (Å²) in [6.07, 6.45) is 0. The first-order chi connectivity index (χ1) is 7.89. The van der Waals surface area contributed by atoms with Crippen molar-refractivity contribution in [1.29, 1.82) is 0 Å². The van der Waals surface area contributed by atoms with Crippen LogP contribution in [0.15, 0.2) is 23.1 Å². The number of aromatic nitrogens is 4. The third kappa shape index (κ3) is 2.27. The molecular formula is C8H6ClFN4O2S. The van der Waals surface area contributed by atoms with E-state index in [0.717, 1.165) is 22.9 Å². The lowest BCUT2D eigenvalue weighted by atomic mass is 10.3. The third-order valence-corrected chi connectivity index (χ3v) is 3.40. The van der Waals surface area contributed by atoms with Gasteiger partial charge in [-0.25, -0.2) is 12.8 Å². The molecule has 0 bridgehead atoms. The van der Waals surface area contributed by atoms with Crippen LogP contribution in [-0.2, 0) is 9.05 Å². The highest BCUT2D eigenvalue weighted by Crippen LogP contribution is 2.21. The highest BCUT2D eigenvalue weighted by Gasteiger charge is 2.16. The first-order valence-electron chi connectivity index (χ1n) is 4.39. The molecule has 2 rings (SSSR count). The van der Waals surface area contributed by atoms with Gasteiger partial charge in [0.15, 0.2) is 5.82 Å². The molecule has 0 N–H and O–H groups in total. The molecule has 17 heavy (non-hydrogen) atoms. The van der Waals surface area contributed by atoms with Gasteiger partial charge in [-0.05, 0) is 35.5 Å². The van der Waals surface area contributed by atoms with Crippen LogP contribution in [0.4, 0.5) is 4.39 Å². The number of tetrazole rings is 1. The van der Waals surface area contributed by atoms with E-state index in [1.165, 1.54) is 0 Å². The summed E-state index contributed by atoms with van der Waals surface area (Å²) < 4.78 is 36.9. The zero-order chi connectivity index (χ0) is 12.6. The maximum atomic E-state index is 13.5. The van der Waals surface area contributed by atoms with Crippen molar-refractivity contribution in [1.82, 2.24) is 20.2 Å². The van der Waals surface area contributed by atoms with Crippen LogP contribution >= 0.6 is 10.7 Å². The highest BCUT2D eigenvalue weighted by atomic mass is 35.7. The molecular weight excluding hydrogens is 271 g/mol. The largest absolute Gasteiger partial charge is 0.261 e. The fraction of sp³-hybridized carbons (Fsp3) is 0.125. The lowest BCUT2D eigenvalue weighted by Gasteiger charge is -2.04. The van der Waals surface area contributed by atoms with Crippen molar-refractivity contribution in [3.63, 3.8) is 0 Å². The topological polar surface area (TPSA) is 77.7 Å². The predicted molar refractivity (Wildman–Crippen MR) is 56.9 cm³/mol. The van der Waals surface area contributed by atoms with Crippen molar-refractivity contribution >= 4 is 19.7 Å². The second-order valence-corrected chi connectivity index (χ2v) is 5.75. The molecule has 90 valence electrons. The summed E-state index contributed by atoms with van der Waals surface area (Å²) >= 11 is 0. The summed E-state index contributed by atoms with van der Waals surface area (Å²) in [4.78, 5) is -0.217. The van der Waals surface area contributed by atoms with Gasteiger partial charge in [-0.3, -0.25) is 0 Å². The smallest absolute Gasteiger partial charge is 0.207 e. The molecule has 0 amide bonds. The molecule has 2 aromatic rings. The Morgan fingerprint density at radius 1 is 1.41 bits per heavy atom. The number of halogens is 2. The Balaban J connectivity index is 2.67. The van der Waals surface area contributed by atoms with Crippen molar-refractivity contribution in [3.05, 3.63) is 29.8 Å². The van der Waals surface area contributed by atoms with Crippen LogP contribution in [0.3, 0.4) is 0 Å². The molecule has 1 aromatic heterocycles. The number of rotatable bonds is 2. The second kappa shape index (κ2) is 4.04. The van der Waals surface area contributed by atoms with E-state index in [-0.39, 0.29) is 10.6 Å². The van der Waals surface area contributed by atoms with Crippen LogP contribution in [0, 0.1) is 12.7 Å². The normalized spacial score (nSPS) is 11.7. The Labute approximate surface area is 100 Å². The number of benzene rings is 1. The Kier molecular flexibility index (Phi) is 2.84. The molecule has 1 heterocycles. The average Bonchev–Trinajstić information content (AvgIpc) is 2.63. The Bertz CT molecular complexity index is 670. The van der Waals surface area contributed by atoms with Crippen LogP contribution in [0.2, 0.25) is 0 Å². The molecule has 6 nitrogen and oxygen atoms in total. The molecule has 0 saturated carbocycles. The van der Waals surface area contributed by atoms with E-state index in [9.17, 15) is 12.8 Å². The average molecular weight is 277 g/mol. The van der Waals surface area contributed by atoms with E-state index < -0.39 is 14.9 Å². The fourth-order valence-corrected chi connectivity index (χ4v) is 2.03. The molecule has 1 aromatic carbocycles. The van der Waals surface area contributed by atoms with Crippen molar-refractivity contribution in [2.75, 3.05) is 0 Å². The molecule has 0 atom stereocenters. The quantitative estimate of drug-likeness (QED) is 0.766. The fourth-order valence-electron chi connectivity index (χ4n) is 1.26. The Morgan fingerprint density at radius 3 is 2.65 bits per heavy atom. The Hall–Kier alpha value is -1.54. The lowest BCUT2D eigenvalue weighted by molar-refractivity contribution is 0.598. The molecule has 0 aliphatic carbocycles. The molecule has 0 spiro atoms. The van der Waals surface area contributed by atoms with Gasteiger partial charge in [0.2, 0.25) is 0 Å². The summed E-state index contributed by atoms with van der Waals surface area (Å²) in [5, 5.41) is 10.5. The number of hydrogen-bond acceptors (Lipinski definition) is 5. The summed E-state index contributed by atoms with van der Waals surface area (Å²) in [6, 6.07) is 3.13. The van der Waals surface area contributed by atoms with E-state index in [1.807, 2.05) is 0 Å². The van der Waals surface area contributed by atoms with E-state index >= 15 is 0 Å². The zero-order valence-electron chi connectivity index (χ0n) is 8.50. The maximum Gasteiger partial charge on any atom is 0.261 e. The predicted octanol–water partition coefficient (Wildman–Crippen LogP) is 1.04. The van der Waals surface area contributed by atoms with Gasteiger partial charge in [-0.2, -0.15) is 4.68 Å². The molecule has 0 unspecified atom stereocenters. The minimum atomic E-state index is -3.92. The van der Waals surface area contributed by atoms with E-state index in [4.69, 9.17) is 10.7 Å². The van der Waals surface area contributed by atoms with Crippen molar-refractivity contribution in [2.24, 2.45) is 0 Å². The number of nitrogens with zero attached hydrogens (tertiary/aromatic N) is 4. The molecule has 9 heteroatoms. The molecule has 0 aliphatic heterocycles. The summed E-state index contributed by atoms with van der Waals surface area (Å²) in [7, 11) is 1.25. The van der Waals surface area contributed by atoms with Gasteiger partial charge >= 0.3 is 0 Å². The first-order valence-corrected chi connectivity index (χ1v) is 6.70. The monoisotopic (exact) mass is 276 g/mol. The maximum absolute atomic E-state index is 13.5. The van der Waals surface area contributed by atoms with Crippen LogP contribution in [0.5, 0.6) is 0 Å². The first kappa shape index (κ1) is 11.9. The van der Waals surface area contributed by atoms with Gasteiger partial charge in [0.25, 0.3) is 9.05 Å². The van der Waals surface area contributed by atoms with Gasteiger partial charge in [0.1, 0.15) is 11.5 Å². The van der Waals surface area contributed by atoms with Gasteiger partial charge in [-0.1, -0.05) is 0 Å². The van der Waals surface area contributed by atoms with Crippen molar-refractivity contribution in [3.8, 4) is 5.69 Å². The molecule has 0 saturated heterocycles. The van der Waals surface area contributed by atoms with Gasteiger partial charge < -0.3 is 0 Å². The van der Waals surface area contributed by atoms with Crippen LogP contribution in [-0.4, -0.2) is 28.6 Å². The zero-order valence-corrected chi connectivity index (χ0v) is 10.1. The van der Waals surface area contributed by atoms with Crippen LogP contribution < -0.4 is 0 Å². The third-order valence-electron chi connectivity index (χ3n) is 2.05. The molecule has 0 radical (unpaired) electrons. The standard InChI is InChI=1S/C8H6ClFN4O2S/c1-5-11-12-13-14(5)8-4-6(17(9,15)16)2-3-7(8)10/h2-4H,1H3. The van der Waals surface area contributed by atoms with Gasteiger partial charge in [0.05, 0.1) is 4.90 Å². The van der Waals surface area contributed by atoms with Crippen LogP contribution in [0.25, 0.3) is 5.69 Å². The van der Waals surface area contributed by atoms with Crippen LogP contribution in [0.1, 0.15) is 5.82 Å². The van der Waals surface area contributed by atoms with E-state index in [1.54, 1.807) is 6.92 Å². The van der Waals surface area contributed by atoms with Gasteiger partial charge in [0, 0.05) is 10.7 Å². The second-order valence-electron chi connectivity index (χ2n) is 3.19. The molecule has 0 fully saturated rings.